The minimum absolute atomic E-state index is 0.0348. The van der Waals surface area contributed by atoms with Crippen LogP contribution in [0.2, 0.25) is 0 Å². The fourth-order valence-electron chi connectivity index (χ4n) is 3.64. The first-order valence-corrected chi connectivity index (χ1v) is 10.4. The number of hydrogen-bond donors (Lipinski definition) is 5. The third kappa shape index (κ3) is 5.18. The lowest BCUT2D eigenvalue weighted by Gasteiger charge is -2.30. The van der Waals surface area contributed by atoms with Gasteiger partial charge in [-0.1, -0.05) is 18.7 Å². The second-order valence-electron chi connectivity index (χ2n) is 7.97. The highest BCUT2D eigenvalue weighted by Gasteiger charge is 2.44. The van der Waals surface area contributed by atoms with Crippen LogP contribution in [0.5, 0.6) is 0 Å². The molecule has 32 heavy (non-hydrogen) atoms. The molecule has 1 aromatic rings. The zero-order chi connectivity index (χ0) is 23.3. The van der Waals surface area contributed by atoms with E-state index < -0.39 is 5.91 Å². The van der Waals surface area contributed by atoms with Crippen molar-refractivity contribution >= 4 is 23.5 Å². The predicted molar refractivity (Wildman–Crippen MR) is 122 cm³/mol. The molecule has 1 atom stereocenters. The van der Waals surface area contributed by atoms with E-state index in [4.69, 9.17) is 17.2 Å². The van der Waals surface area contributed by atoms with E-state index in [-0.39, 0.29) is 34.8 Å². The van der Waals surface area contributed by atoms with E-state index in [1.165, 1.54) is 6.08 Å². The highest BCUT2D eigenvalue weighted by Crippen LogP contribution is 2.47. The molecule has 1 saturated heterocycles. The highest BCUT2D eigenvalue weighted by molar-refractivity contribution is 5.93. The number of aliphatic imine (C=N–C) groups is 1. The van der Waals surface area contributed by atoms with Crippen molar-refractivity contribution in [3.8, 4) is 6.07 Å². The smallest absolute Gasteiger partial charge is 0.268 e. The normalized spacial score (nSPS) is 20.4. The summed E-state index contributed by atoms with van der Waals surface area (Å²) in [4.78, 5) is 29.6. The Bertz CT molecular complexity index is 1000. The number of hydrogen-bond acceptors (Lipinski definition) is 6. The molecule has 1 aromatic carbocycles. The molecule has 168 valence electrons. The molecule has 1 aliphatic carbocycles. The van der Waals surface area contributed by atoms with Gasteiger partial charge in [-0.2, -0.15) is 5.26 Å². The van der Waals surface area contributed by atoms with Crippen molar-refractivity contribution in [3.05, 3.63) is 54.0 Å². The average Bonchev–Trinajstić information content (AvgIpc) is 3.59. The van der Waals surface area contributed by atoms with E-state index in [0.29, 0.717) is 18.8 Å². The zero-order valence-electron chi connectivity index (χ0n) is 17.8. The van der Waals surface area contributed by atoms with Crippen molar-refractivity contribution < 1.29 is 9.59 Å². The number of rotatable bonds is 7. The van der Waals surface area contributed by atoms with Crippen LogP contribution in [0, 0.1) is 11.3 Å². The van der Waals surface area contributed by atoms with E-state index in [1.54, 1.807) is 17.0 Å². The number of amides is 2. The third-order valence-electron chi connectivity index (χ3n) is 5.66. The van der Waals surface area contributed by atoms with Crippen LogP contribution in [-0.4, -0.2) is 41.8 Å². The lowest BCUT2D eigenvalue weighted by Crippen LogP contribution is -2.43. The van der Waals surface area contributed by atoms with Crippen LogP contribution in [-0.2, 0) is 15.0 Å². The molecular weight excluding hydrogens is 408 g/mol. The molecule has 2 aliphatic rings. The summed E-state index contributed by atoms with van der Waals surface area (Å²) in [6.07, 6.45) is 4.54. The van der Waals surface area contributed by atoms with Crippen LogP contribution in [0.3, 0.4) is 0 Å². The monoisotopic (exact) mass is 436 g/mol. The molecular formula is C22H28N8O2. The number of guanidine groups is 1. The van der Waals surface area contributed by atoms with Gasteiger partial charge in [0.1, 0.15) is 11.5 Å². The summed E-state index contributed by atoms with van der Waals surface area (Å²) < 4.78 is 0. The van der Waals surface area contributed by atoms with Crippen LogP contribution in [0.1, 0.15) is 31.2 Å². The lowest BCUT2D eigenvalue weighted by molar-refractivity contribution is -0.127. The minimum atomic E-state index is -0.828. The van der Waals surface area contributed by atoms with Crippen LogP contribution in [0.15, 0.2) is 53.4 Å². The molecule has 1 aliphatic heterocycles. The van der Waals surface area contributed by atoms with Gasteiger partial charge >= 0.3 is 0 Å². The second-order valence-corrected chi connectivity index (χ2v) is 7.97. The number of nitriles is 1. The molecule has 1 saturated carbocycles. The molecule has 2 amide bonds. The van der Waals surface area contributed by atoms with E-state index in [0.717, 1.165) is 31.2 Å². The average molecular weight is 437 g/mol. The van der Waals surface area contributed by atoms with Crippen molar-refractivity contribution in [1.82, 2.24) is 10.2 Å². The van der Waals surface area contributed by atoms with Gasteiger partial charge in [0.25, 0.3) is 5.91 Å². The molecule has 10 nitrogen and oxygen atoms in total. The number of carbonyl (C=O) groups is 2. The van der Waals surface area contributed by atoms with Gasteiger partial charge in [-0.15, -0.1) is 0 Å². The highest BCUT2D eigenvalue weighted by atomic mass is 16.2. The van der Waals surface area contributed by atoms with Gasteiger partial charge in [-0.25, -0.2) is 4.99 Å². The summed E-state index contributed by atoms with van der Waals surface area (Å²) in [6, 6.07) is 9.46. The quantitative estimate of drug-likeness (QED) is 0.233. The number of piperidine rings is 1. The largest absolute Gasteiger partial charge is 0.391 e. The van der Waals surface area contributed by atoms with Gasteiger partial charge in [-0.3, -0.25) is 9.59 Å². The summed E-state index contributed by atoms with van der Waals surface area (Å²) >= 11 is 0. The number of nitrogens with one attached hydrogen (secondary N) is 2. The topological polar surface area (TPSA) is 176 Å². The Hall–Kier alpha value is -4.00. The fourth-order valence-corrected chi connectivity index (χ4v) is 3.64. The molecule has 0 aromatic heterocycles. The first-order valence-electron chi connectivity index (χ1n) is 10.4. The van der Waals surface area contributed by atoms with E-state index in [9.17, 15) is 14.9 Å². The van der Waals surface area contributed by atoms with Gasteiger partial charge in [0.05, 0.1) is 17.5 Å². The zero-order valence-corrected chi connectivity index (χ0v) is 17.8. The van der Waals surface area contributed by atoms with Gasteiger partial charge < -0.3 is 32.7 Å². The molecule has 0 radical (unpaired) electrons. The number of benzene rings is 1. The number of primary amides is 1. The Balaban J connectivity index is 1.72. The summed E-state index contributed by atoms with van der Waals surface area (Å²) in [5.41, 5.74) is 18.2. The fraction of sp³-hybridized carbons (Fsp3) is 0.364. The molecule has 10 heteroatoms. The molecule has 3 rings (SSSR count). The summed E-state index contributed by atoms with van der Waals surface area (Å²) in [7, 11) is 0. The molecule has 2 fully saturated rings. The van der Waals surface area contributed by atoms with Crippen LogP contribution in [0.25, 0.3) is 0 Å². The standard InChI is InChI=1S/C22H28N8O2/c1-2-17(31)30-11-3-4-16(12-30)28-21(26)29-20(18(24)19(25)32)27-15-7-5-14(6-8-15)22(13-23)9-10-22/h2,5-8,16,27H,1,3-4,9-12,24H2,(H2,25,32)(H3,26,28,29)/b20-18-. The van der Waals surface area contributed by atoms with Crippen LogP contribution >= 0.6 is 0 Å². The molecule has 0 bridgehead atoms. The second kappa shape index (κ2) is 9.43. The Labute approximate surface area is 186 Å². The SMILES string of the molecule is C=CC(=O)N1CCCC(N=C(N)N/C(Nc2ccc(C3(C#N)CC3)cc2)=C(\N)C(N)=O)C1. The third-order valence-corrected chi connectivity index (χ3v) is 5.66. The molecule has 1 heterocycles. The van der Waals surface area contributed by atoms with Crippen LogP contribution in [0.4, 0.5) is 5.69 Å². The molecule has 8 N–H and O–H groups in total. The maximum absolute atomic E-state index is 11.9. The first-order chi connectivity index (χ1) is 15.3. The summed E-state index contributed by atoms with van der Waals surface area (Å²) in [5.74, 6) is -0.842. The van der Waals surface area contributed by atoms with Gasteiger partial charge in [0.2, 0.25) is 5.91 Å². The van der Waals surface area contributed by atoms with Gasteiger partial charge in [0.15, 0.2) is 5.96 Å². The van der Waals surface area contributed by atoms with E-state index >= 15 is 0 Å². The van der Waals surface area contributed by atoms with Crippen molar-refractivity contribution in [3.63, 3.8) is 0 Å². The van der Waals surface area contributed by atoms with Crippen molar-refractivity contribution in [2.24, 2.45) is 22.2 Å². The molecule has 1 unspecified atom stereocenters. The maximum Gasteiger partial charge on any atom is 0.268 e. The number of nitrogens with zero attached hydrogens (tertiary/aromatic N) is 3. The number of anilines is 1. The lowest BCUT2D eigenvalue weighted by atomic mass is 9.98. The van der Waals surface area contributed by atoms with Gasteiger partial charge in [0, 0.05) is 18.8 Å². The number of nitrogens with two attached hydrogens (primary N) is 3. The maximum atomic E-state index is 11.9. The molecule has 0 spiro atoms. The summed E-state index contributed by atoms with van der Waals surface area (Å²) in [6.45, 7) is 4.58. The van der Waals surface area contributed by atoms with Crippen LogP contribution < -0.4 is 27.8 Å². The summed E-state index contributed by atoms with van der Waals surface area (Å²) in [5, 5.41) is 15.2. The Morgan fingerprint density at radius 2 is 1.94 bits per heavy atom. The van der Waals surface area contributed by atoms with Crippen molar-refractivity contribution in [2.45, 2.75) is 37.1 Å². The first kappa shape index (κ1) is 22.7. The number of likely N-dealkylation sites (tertiary alicyclic amines) is 1. The number of carbonyl (C=O) groups excluding carboxylic acids is 2. The minimum Gasteiger partial charge on any atom is -0.391 e. The Kier molecular flexibility index (Phi) is 6.68. The Morgan fingerprint density at radius 3 is 2.50 bits per heavy atom. The van der Waals surface area contributed by atoms with Crippen molar-refractivity contribution in [1.29, 1.82) is 5.26 Å². The van der Waals surface area contributed by atoms with E-state index in [1.807, 2.05) is 12.1 Å². The van der Waals surface area contributed by atoms with Gasteiger partial charge in [-0.05, 0) is 49.5 Å². The Morgan fingerprint density at radius 1 is 1.25 bits per heavy atom. The predicted octanol–water partition coefficient (Wildman–Crippen LogP) is 0.348. The van der Waals surface area contributed by atoms with E-state index in [2.05, 4.69) is 28.3 Å². The van der Waals surface area contributed by atoms with Crippen molar-refractivity contribution in [2.75, 3.05) is 18.4 Å².